The normalized spacial score (nSPS) is 11.3. The summed E-state index contributed by atoms with van der Waals surface area (Å²) in [5.74, 6) is 0.172. The number of carbonyl (C=O) groups excluding carboxylic acids is 2. The molecule has 2 aromatic carbocycles. The fourth-order valence-corrected chi connectivity index (χ4v) is 3.54. The van der Waals surface area contributed by atoms with Crippen LogP contribution in [-0.4, -0.2) is 31.1 Å². The van der Waals surface area contributed by atoms with Crippen molar-refractivity contribution >= 4 is 34.2 Å². The van der Waals surface area contributed by atoms with Crippen molar-refractivity contribution in [1.82, 2.24) is 4.98 Å². The molecule has 0 aliphatic heterocycles. The van der Waals surface area contributed by atoms with Gasteiger partial charge in [-0.2, -0.15) is 0 Å². The summed E-state index contributed by atoms with van der Waals surface area (Å²) in [5.41, 5.74) is 2.84. The van der Waals surface area contributed by atoms with Crippen LogP contribution in [0.4, 0.5) is 11.4 Å². The van der Waals surface area contributed by atoms with Crippen molar-refractivity contribution in [3.63, 3.8) is 0 Å². The predicted molar refractivity (Wildman–Crippen MR) is 133 cm³/mol. The Morgan fingerprint density at radius 1 is 1.06 bits per heavy atom. The zero-order chi connectivity index (χ0) is 25.7. The number of para-hydroxylation sites is 1. The Bertz CT molecular complexity index is 1500. The van der Waals surface area contributed by atoms with E-state index in [-0.39, 0.29) is 17.7 Å². The number of esters is 1. The van der Waals surface area contributed by atoms with Crippen molar-refractivity contribution in [2.45, 2.75) is 20.5 Å². The minimum Gasteiger partial charge on any atom is -0.497 e. The summed E-state index contributed by atoms with van der Waals surface area (Å²) in [6.07, 6.45) is 1.59. The molecule has 0 aliphatic carbocycles. The number of aromatic nitrogens is 1. The van der Waals surface area contributed by atoms with Gasteiger partial charge in [-0.25, -0.2) is 4.99 Å². The molecule has 9 nitrogen and oxygen atoms in total. The van der Waals surface area contributed by atoms with E-state index in [1.165, 1.54) is 14.0 Å². The molecule has 184 valence electrons. The molecule has 0 aliphatic rings. The summed E-state index contributed by atoms with van der Waals surface area (Å²) in [6, 6.07) is 15.8. The van der Waals surface area contributed by atoms with Gasteiger partial charge >= 0.3 is 5.97 Å². The van der Waals surface area contributed by atoms with Crippen LogP contribution in [-0.2, 0) is 16.1 Å². The maximum absolute atomic E-state index is 13.4. The number of pyridine rings is 1. The van der Waals surface area contributed by atoms with Gasteiger partial charge in [0.1, 0.15) is 29.4 Å². The SMILES string of the molecule is COc1ccc(OC)c(N=c2oc3c(C)ncc(COC(C)=O)c3cc2C(=O)Nc2ccccc2)c1. The second-order valence-electron chi connectivity index (χ2n) is 7.83. The molecule has 0 fully saturated rings. The maximum atomic E-state index is 13.4. The van der Waals surface area contributed by atoms with Gasteiger partial charge in [0.25, 0.3) is 5.91 Å². The van der Waals surface area contributed by atoms with E-state index < -0.39 is 11.9 Å². The number of carbonyl (C=O) groups is 2. The first-order chi connectivity index (χ1) is 17.4. The van der Waals surface area contributed by atoms with Crippen molar-refractivity contribution in [3.8, 4) is 11.5 Å². The quantitative estimate of drug-likeness (QED) is 0.376. The van der Waals surface area contributed by atoms with E-state index >= 15 is 0 Å². The number of fused-ring (bicyclic) bond motifs is 1. The van der Waals surface area contributed by atoms with E-state index in [0.29, 0.717) is 45.1 Å². The highest BCUT2D eigenvalue weighted by molar-refractivity contribution is 6.05. The van der Waals surface area contributed by atoms with E-state index in [2.05, 4.69) is 15.3 Å². The molecule has 9 heteroatoms. The predicted octanol–water partition coefficient (Wildman–Crippen LogP) is 4.70. The molecule has 0 unspecified atom stereocenters. The first-order valence-corrected chi connectivity index (χ1v) is 11.1. The molecule has 2 aromatic heterocycles. The van der Waals surface area contributed by atoms with E-state index in [1.54, 1.807) is 56.6 Å². The lowest BCUT2D eigenvalue weighted by molar-refractivity contribution is -0.142. The third kappa shape index (κ3) is 5.35. The first-order valence-electron chi connectivity index (χ1n) is 11.1. The summed E-state index contributed by atoms with van der Waals surface area (Å²) in [7, 11) is 3.07. The van der Waals surface area contributed by atoms with Gasteiger partial charge in [-0.1, -0.05) is 18.2 Å². The second kappa shape index (κ2) is 10.7. The Balaban J connectivity index is 1.96. The van der Waals surface area contributed by atoms with Crippen LogP contribution < -0.4 is 20.3 Å². The average molecular weight is 488 g/mol. The van der Waals surface area contributed by atoms with Gasteiger partial charge in [0.2, 0.25) is 5.55 Å². The van der Waals surface area contributed by atoms with Crippen molar-refractivity contribution in [3.05, 3.63) is 83.2 Å². The molecular formula is C27H25N3O6. The summed E-state index contributed by atoms with van der Waals surface area (Å²) >= 11 is 0. The van der Waals surface area contributed by atoms with Crippen LogP contribution in [0.1, 0.15) is 28.5 Å². The van der Waals surface area contributed by atoms with Crippen LogP contribution in [0.15, 0.2) is 70.2 Å². The lowest BCUT2D eigenvalue weighted by Crippen LogP contribution is -2.22. The summed E-state index contributed by atoms with van der Waals surface area (Å²) in [6.45, 7) is 3.08. The number of aryl methyl sites for hydroxylation is 1. The molecule has 4 aromatic rings. The number of rotatable bonds is 7. The van der Waals surface area contributed by atoms with Gasteiger partial charge < -0.3 is 23.9 Å². The highest BCUT2D eigenvalue weighted by Gasteiger charge is 2.18. The minimum absolute atomic E-state index is 0.0193. The molecule has 0 radical (unpaired) electrons. The van der Waals surface area contributed by atoms with Crippen LogP contribution in [0.2, 0.25) is 0 Å². The number of nitrogens with one attached hydrogen (secondary N) is 1. The maximum Gasteiger partial charge on any atom is 0.302 e. The number of benzene rings is 2. The van der Waals surface area contributed by atoms with Gasteiger partial charge in [0.15, 0.2) is 5.58 Å². The summed E-state index contributed by atoms with van der Waals surface area (Å²) < 4.78 is 22.1. The Kier molecular flexibility index (Phi) is 7.29. The first kappa shape index (κ1) is 24.5. The highest BCUT2D eigenvalue weighted by Crippen LogP contribution is 2.31. The second-order valence-corrected chi connectivity index (χ2v) is 7.83. The molecule has 0 saturated heterocycles. The Morgan fingerprint density at radius 2 is 1.83 bits per heavy atom. The van der Waals surface area contributed by atoms with E-state index in [9.17, 15) is 9.59 Å². The third-order valence-electron chi connectivity index (χ3n) is 5.37. The van der Waals surface area contributed by atoms with E-state index in [4.69, 9.17) is 18.6 Å². The number of methoxy groups -OCH3 is 2. The lowest BCUT2D eigenvalue weighted by atomic mass is 10.1. The van der Waals surface area contributed by atoms with Crippen molar-refractivity contribution in [2.24, 2.45) is 4.99 Å². The van der Waals surface area contributed by atoms with Crippen molar-refractivity contribution < 1.29 is 28.2 Å². The monoisotopic (exact) mass is 487 g/mol. The van der Waals surface area contributed by atoms with E-state index in [0.717, 1.165) is 0 Å². The topological polar surface area (TPSA) is 112 Å². The van der Waals surface area contributed by atoms with Gasteiger partial charge in [0, 0.05) is 35.8 Å². The molecule has 1 amide bonds. The fourth-order valence-electron chi connectivity index (χ4n) is 3.54. The van der Waals surface area contributed by atoms with Gasteiger partial charge in [-0.05, 0) is 37.3 Å². The molecule has 0 saturated carbocycles. The number of nitrogens with zero attached hydrogens (tertiary/aromatic N) is 2. The van der Waals surface area contributed by atoms with Crippen LogP contribution >= 0.6 is 0 Å². The zero-order valence-corrected chi connectivity index (χ0v) is 20.3. The molecule has 0 spiro atoms. The molecule has 0 bridgehead atoms. The largest absolute Gasteiger partial charge is 0.497 e. The number of ether oxygens (including phenoxy) is 3. The zero-order valence-electron chi connectivity index (χ0n) is 20.3. The molecular weight excluding hydrogens is 462 g/mol. The van der Waals surface area contributed by atoms with E-state index in [1.807, 2.05) is 18.2 Å². The molecule has 36 heavy (non-hydrogen) atoms. The third-order valence-corrected chi connectivity index (χ3v) is 5.37. The number of amides is 1. The summed E-state index contributed by atoms with van der Waals surface area (Å²) in [5, 5.41) is 3.45. The Morgan fingerprint density at radius 3 is 2.53 bits per heavy atom. The Labute approximate surface area is 207 Å². The lowest BCUT2D eigenvalue weighted by Gasteiger charge is -2.11. The van der Waals surface area contributed by atoms with Crippen LogP contribution in [0.3, 0.4) is 0 Å². The molecule has 4 rings (SSSR count). The Hall–Kier alpha value is -4.66. The fraction of sp³-hybridized carbons (Fsp3) is 0.185. The van der Waals surface area contributed by atoms with Crippen molar-refractivity contribution in [2.75, 3.05) is 19.5 Å². The van der Waals surface area contributed by atoms with Gasteiger partial charge in [0.05, 0.1) is 19.9 Å². The van der Waals surface area contributed by atoms with Gasteiger partial charge in [-0.15, -0.1) is 0 Å². The van der Waals surface area contributed by atoms with Crippen LogP contribution in [0, 0.1) is 6.92 Å². The smallest absolute Gasteiger partial charge is 0.302 e. The van der Waals surface area contributed by atoms with Crippen molar-refractivity contribution in [1.29, 1.82) is 0 Å². The molecule has 1 N–H and O–H groups in total. The molecule has 2 heterocycles. The number of hydrogen-bond acceptors (Lipinski definition) is 8. The average Bonchev–Trinajstić information content (AvgIpc) is 2.88. The standard InChI is InChI=1S/C27H25N3O6/c1-16-25-21(18(14-28-16)15-35-17(2)31)13-22(26(32)29-19-8-6-5-7-9-19)27(36-25)30-23-12-20(33-3)10-11-24(23)34-4/h5-14H,15H2,1-4H3,(H,29,32). The summed E-state index contributed by atoms with van der Waals surface area (Å²) in [4.78, 5) is 33.8. The number of hydrogen-bond donors (Lipinski definition) is 1. The van der Waals surface area contributed by atoms with Crippen LogP contribution in [0.5, 0.6) is 11.5 Å². The highest BCUT2D eigenvalue weighted by atomic mass is 16.5. The number of anilines is 1. The van der Waals surface area contributed by atoms with Crippen LogP contribution in [0.25, 0.3) is 11.0 Å². The van der Waals surface area contributed by atoms with Gasteiger partial charge in [-0.3, -0.25) is 14.6 Å². The molecule has 0 atom stereocenters. The minimum atomic E-state index is -0.431.